The van der Waals surface area contributed by atoms with Crippen LogP contribution >= 0.6 is 0 Å². The lowest BCUT2D eigenvalue weighted by Gasteiger charge is -2.58. The number of ketones is 1. The van der Waals surface area contributed by atoms with Crippen molar-refractivity contribution in [3.05, 3.63) is 41.7 Å². The number of fused-ring (bicyclic) bond motifs is 6. The van der Waals surface area contributed by atoms with Crippen molar-refractivity contribution in [1.29, 1.82) is 0 Å². The number of carbonyl (C=O) groups is 1. The summed E-state index contributed by atoms with van der Waals surface area (Å²) in [4.78, 5) is 20.7. The maximum absolute atomic E-state index is 12.1. The third kappa shape index (κ3) is 2.77. The predicted molar refractivity (Wildman–Crippen MR) is 125 cm³/mol. The summed E-state index contributed by atoms with van der Waals surface area (Å²) in [6, 6.07) is 8.44. The van der Waals surface area contributed by atoms with Gasteiger partial charge in [-0.3, -0.25) is 4.79 Å². The zero-order chi connectivity index (χ0) is 21.4. The molecule has 3 saturated carbocycles. The third-order valence-corrected chi connectivity index (χ3v) is 10.5. The molecule has 2 aromatic rings. The molecule has 0 bridgehead atoms. The van der Waals surface area contributed by atoms with E-state index < -0.39 is 0 Å². The average Bonchev–Trinajstić information content (AvgIpc) is 3.34. The van der Waals surface area contributed by atoms with Crippen LogP contribution < -0.4 is 0 Å². The van der Waals surface area contributed by atoms with Crippen molar-refractivity contribution in [2.24, 2.45) is 34.5 Å². The fraction of sp³-hybridized carbons (Fsp3) is 0.643. The van der Waals surface area contributed by atoms with Crippen molar-refractivity contribution < 1.29 is 4.79 Å². The van der Waals surface area contributed by atoms with Crippen LogP contribution in [-0.2, 0) is 4.79 Å². The summed E-state index contributed by atoms with van der Waals surface area (Å²) in [5.41, 5.74) is 4.44. The van der Waals surface area contributed by atoms with E-state index in [0.29, 0.717) is 23.0 Å². The van der Waals surface area contributed by atoms with E-state index in [-0.39, 0.29) is 5.41 Å². The van der Waals surface area contributed by atoms with Gasteiger partial charge in [0.1, 0.15) is 5.82 Å². The smallest absolute Gasteiger partial charge is 0.155 e. The van der Waals surface area contributed by atoms with E-state index in [2.05, 4.69) is 50.0 Å². The van der Waals surface area contributed by atoms with Gasteiger partial charge in [0, 0.05) is 12.3 Å². The maximum Gasteiger partial charge on any atom is 0.155 e. The Balaban J connectivity index is 1.29. The summed E-state index contributed by atoms with van der Waals surface area (Å²) in [5.74, 6) is 5.17. The Morgan fingerprint density at radius 3 is 2.71 bits per heavy atom. The maximum atomic E-state index is 12.1. The number of benzene rings is 1. The lowest BCUT2D eigenvalue weighted by molar-refractivity contribution is -0.117. The molecule has 1 aromatic carbocycles. The molecule has 164 valence electrons. The van der Waals surface area contributed by atoms with Crippen molar-refractivity contribution in [3.8, 4) is 0 Å². The van der Waals surface area contributed by atoms with Gasteiger partial charge in [-0.1, -0.05) is 38.5 Å². The van der Waals surface area contributed by atoms with Crippen molar-refractivity contribution in [1.82, 2.24) is 9.97 Å². The Labute approximate surface area is 186 Å². The molecular weight excluding hydrogens is 380 g/mol. The van der Waals surface area contributed by atoms with E-state index in [1.165, 1.54) is 49.0 Å². The number of aromatic nitrogens is 2. The van der Waals surface area contributed by atoms with Crippen LogP contribution in [0.15, 0.2) is 35.9 Å². The highest BCUT2D eigenvalue weighted by Crippen LogP contribution is 2.68. The first-order chi connectivity index (χ1) is 14.9. The van der Waals surface area contributed by atoms with Gasteiger partial charge >= 0.3 is 0 Å². The number of rotatable bonds is 2. The Hall–Kier alpha value is -1.90. The Bertz CT molecular complexity index is 1030. The van der Waals surface area contributed by atoms with Gasteiger partial charge in [0.2, 0.25) is 0 Å². The minimum atomic E-state index is 0.278. The summed E-state index contributed by atoms with van der Waals surface area (Å²) in [5, 5.41) is 0. The number of H-pyrrole nitrogens is 1. The van der Waals surface area contributed by atoms with Gasteiger partial charge in [-0.05, 0) is 97.7 Å². The number of para-hydroxylation sites is 2. The molecule has 0 saturated heterocycles. The molecule has 31 heavy (non-hydrogen) atoms. The van der Waals surface area contributed by atoms with Crippen LogP contribution in [0.4, 0.5) is 0 Å². The van der Waals surface area contributed by atoms with Crippen molar-refractivity contribution >= 4 is 16.8 Å². The lowest BCUT2D eigenvalue weighted by Crippen LogP contribution is -2.50. The summed E-state index contributed by atoms with van der Waals surface area (Å²) in [6.45, 7) is 7.52. The molecular formula is C28H36N2O. The van der Waals surface area contributed by atoms with Gasteiger partial charge in [-0.15, -0.1) is 0 Å². The van der Waals surface area contributed by atoms with Crippen molar-refractivity contribution in [2.75, 3.05) is 0 Å². The van der Waals surface area contributed by atoms with Crippen LogP contribution in [0.5, 0.6) is 0 Å². The van der Waals surface area contributed by atoms with Gasteiger partial charge < -0.3 is 4.98 Å². The molecule has 0 amide bonds. The first-order valence-corrected chi connectivity index (χ1v) is 12.6. The Morgan fingerprint density at radius 2 is 1.87 bits per heavy atom. The minimum absolute atomic E-state index is 0.278. The molecule has 4 aliphatic rings. The van der Waals surface area contributed by atoms with E-state index in [1.807, 2.05) is 6.08 Å². The molecule has 7 atom stereocenters. The number of nitrogens with zero attached hydrogens (tertiary/aromatic N) is 1. The minimum Gasteiger partial charge on any atom is -0.342 e. The zero-order valence-electron chi connectivity index (χ0n) is 19.3. The second-order valence-corrected chi connectivity index (χ2v) is 11.6. The molecule has 0 aliphatic heterocycles. The summed E-state index contributed by atoms with van der Waals surface area (Å²) in [7, 11) is 0. The van der Waals surface area contributed by atoms with Gasteiger partial charge in [0.05, 0.1) is 11.0 Å². The molecule has 0 radical (unpaired) electrons. The van der Waals surface area contributed by atoms with Crippen LogP contribution in [-0.4, -0.2) is 15.8 Å². The largest absolute Gasteiger partial charge is 0.342 e. The molecule has 0 unspecified atom stereocenters. The van der Waals surface area contributed by atoms with E-state index in [9.17, 15) is 4.79 Å². The van der Waals surface area contributed by atoms with Crippen molar-refractivity contribution in [2.45, 2.75) is 78.1 Å². The fourth-order valence-corrected chi connectivity index (χ4v) is 8.80. The molecule has 3 nitrogen and oxygen atoms in total. The monoisotopic (exact) mass is 416 g/mol. The molecule has 6 rings (SSSR count). The standard InChI is InChI=1S/C28H36N2O/c1-17(26-29-24-6-4-5-7-25(24)30-26)21-10-11-22-20-9-8-18-16-19(31)12-14-27(18,2)23(20)13-15-28(21,22)3/h4-7,16-17,20-23H,8-15H2,1-3H3,(H,29,30)/t17-,20-,21+,22-,23-,27-,28+/m0/s1. The fourth-order valence-electron chi connectivity index (χ4n) is 8.80. The highest BCUT2D eigenvalue weighted by atomic mass is 16.1. The predicted octanol–water partition coefficient (Wildman–Crippen LogP) is 6.81. The Kier molecular flexibility index (Phi) is 4.33. The van der Waals surface area contributed by atoms with Crippen LogP contribution in [0.1, 0.15) is 83.9 Å². The second kappa shape index (κ2) is 6.80. The number of aromatic amines is 1. The van der Waals surface area contributed by atoms with Crippen LogP contribution in [0.3, 0.4) is 0 Å². The number of allylic oxidation sites excluding steroid dienone is 1. The Morgan fingerprint density at radius 1 is 1.03 bits per heavy atom. The first-order valence-electron chi connectivity index (χ1n) is 12.6. The quantitative estimate of drug-likeness (QED) is 0.584. The summed E-state index contributed by atoms with van der Waals surface area (Å²) >= 11 is 0. The van der Waals surface area contributed by atoms with Crippen molar-refractivity contribution in [3.63, 3.8) is 0 Å². The molecule has 3 heteroatoms. The average molecular weight is 417 g/mol. The van der Waals surface area contributed by atoms with Gasteiger partial charge in [0.15, 0.2) is 5.78 Å². The highest BCUT2D eigenvalue weighted by molar-refractivity contribution is 5.91. The second-order valence-electron chi connectivity index (χ2n) is 11.6. The SMILES string of the molecule is C[C@H](c1nc2ccccc2[nH]1)[C@H]1CC[C@H]2[C@@H]3CCC4=CC(=O)CC[C@]4(C)[C@H]3CC[C@]12C. The topological polar surface area (TPSA) is 45.8 Å². The molecule has 3 fully saturated rings. The van der Waals surface area contributed by atoms with E-state index in [4.69, 9.17) is 4.98 Å². The van der Waals surface area contributed by atoms with E-state index in [0.717, 1.165) is 42.5 Å². The zero-order valence-corrected chi connectivity index (χ0v) is 19.3. The molecule has 4 aliphatic carbocycles. The van der Waals surface area contributed by atoms with Gasteiger partial charge in [-0.2, -0.15) is 0 Å². The van der Waals surface area contributed by atoms with Gasteiger partial charge in [-0.25, -0.2) is 4.98 Å². The normalized spacial score (nSPS) is 40.7. The summed E-state index contributed by atoms with van der Waals surface area (Å²) < 4.78 is 0. The highest BCUT2D eigenvalue weighted by Gasteiger charge is 2.59. The first kappa shape index (κ1) is 19.8. The molecule has 1 heterocycles. The number of imidazole rings is 1. The van der Waals surface area contributed by atoms with Crippen LogP contribution in [0, 0.1) is 34.5 Å². The summed E-state index contributed by atoms with van der Waals surface area (Å²) in [6.07, 6.45) is 11.7. The third-order valence-electron chi connectivity index (χ3n) is 10.5. The number of carbonyl (C=O) groups excluding carboxylic acids is 1. The molecule has 1 aromatic heterocycles. The lowest BCUT2D eigenvalue weighted by atomic mass is 9.46. The van der Waals surface area contributed by atoms with E-state index in [1.54, 1.807) is 0 Å². The van der Waals surface area contributed by atoms with Crippen LogP contribution in [0.2, 0.25) is 0 Å². The van der Waals surface area contributed by atoms with Crippen LogP contribution in [0.25, 0.3) is 11.0 Å². The number of hydrogen-bond donors (Lipinski definition) is 1. The van der Waals surface area contributed by atoms with E-state index >= 15 is 0 Å². The van der Waals surface area contributed by atoms with Gasteiger partial charge in [0.25, 0.3) is 0 Å². The molecule has 1 N–H and O–H groups in total. The number of nitrogens with one attached hydrogen (secondary N) is 1. The molecule has 0 spiro atoms. The number of hydrogen-bond acceptors (Lipinski definition) is 2.